The van der Waals surface area contributed by atoms with Gasteiger partial charge in [0.2, 0.25) is 0 Å². The number of hydrogen-bond acceptors (Lipinski definition) is 4. The molecule has 4 aromatic rings. The lowest BCUT2D eigenvalue weighted by molar-refractivity contribution is 0.0949. The Labute approximate surface area is 156 Å². The van der Waals surface area contributed by atoms with Gasteiger partial charge in [0.05, 0.1) is 11.9 Å². The normalized spacial score (nSPS) is 10.9. The molecule has 0 aliphatic carbocycles. The molecular weight excluding hydrogens is 342 g/mol. The van der Waals surface area contributed by atoms with Crippen molar-refractivity contribution < 1.29 is 9.21 Å². The van der Waals surface area contributed by atoms with Gasteiger partial charge in [-0.3, -0.25) is 9.89 Å². The number of carbonyl (C=O) groups is 1. The Hall–Kier alpha value is -3.61. The van der Waals surface area contributed by atoms with E-state index in [9.17, 15) is 4.79 Å². The molecular formula is C20H19N5O2. The lowest BCUT2D eigenvalue weighted by Crippen LogP contribution is -2.25. The zero-order valence-corrected chi connectivity index (χ0v) is 14.8. The molecule has 27 heavy (non-hydrogen) atoms. The third-order valence-electron chi connectivity index (χ3n) is 4.17. The minimum atomic E-state index is -0.226. The first-order valence-corrected chi connectivity index (χ1v) is 8.68. The van der Waals surface area contributed by atoms with Crippen molar-refractivity contribution in [3.05, 3.63) is 77.9 Å². The highest BCUT2D eigenvalue weighted by Gasteiger charge is 2.13. The number of aryl methyl sites for hydroxylation is 1. The summed E-state index contributed by atoms with van der Waals surface area (Å²) in [5, 5.41) is 14.1. The van der Waals surface area contributed by atoms with E-state index in [0.717, 1.165) is 17.0 Å². The number of para-hydroxylation sites is 1. The molecule has 0 saturated carbocycles. The maximum Gasteiger partial charge on any atom is 0.271 e. The number of nitrogens with zero attached hydrogens (tertiary/aromatic N) is 3. The van der Waals surface area contributed by atoms with Crippen LogP contribution in [0.4, 0.5) is 0 Å². The molecule has 4 rings (SSSR count). The van der Waals surface area contributed by atoms with Crippen LogP contribution in [-0.2, 0) is 6.42 Å². The molecule has 0 aliphatic heterocycles. The van der Waals surface area contributed by atoms with Crippen molar-refractivity contribution in [3.8, 4) is 17.1 Å². The number of benzene rings is 1. The van der Waals surface area contributed by atoms with E-state index in [1.54, 1.807) is 6.07 Å². The number of aromatic amines is 1. The maximum atomic E-state index is 12.3. The number of rotatable bonds is 6. The van der Waals surface area contributed by atoms with E-state index in [1.165, 1.54) is 0 Å². The zero-order valence-electron chi connectivity index (χ0n) is 14.8. The number of nitrogens with one attached hydrogen (secondary N) is 2. The molecule has 2 N–H and O–H groups in total. The van der Waals surface area contributed by atoms with Gasteiger partial charge in [-0.25, -0.2) is 4.68 Å². The summed E-state index contributed by atoms with van der Waals surface area (Å²) >= 11 is 0. The van der Waals surface area contributed by atoms with Crippen molar-refractivity contribution in [2.45, 2.75) is 13.3 Å². The molecule has 0 saturated heterocycles. The second-order valence-electron chi connectivity index (χ2n) is 6.21. The molecule has 136 valence electrons. The molecule has 0 spiro atoms. The predicted octanol–water partition coefficient (Wildman–Crippen LogP) is 3.14. The molecule has 0 radical (unpaired) electrons. The van der Waals surface area contributed by atoms with Crippen LogP contribution in [0.3, 0.4) is 0 Å². The van der Waals surface area contributed by atoms with Crippen molar-refractivity contribution in [2.24, 2.45) is 0 Å². The van der Waals surface area contributed by atoms with Crippen LogP contribution in [0.1, 0.15) is 21.8 Å². The number of furan rings is 1. The minimum Gasteiger partial charge on any atom is -0.460 e. The lowest BCUT2D eigenvalue weighted by atomic mass is 10.2. The third kappa shape index (κ3) is 3.82. The van der Waals surface area contributed by atoms with Gasteiger partial charge >= 0.3 is 0 Å². The van der Waals surface area contributed by atoms with E-state index in [4.69, 9.17) is 4.42 Å². The van der Waals surface area contributed by atoms with Crippen LogP contribution >= 0.6 is 0 Å². The standard InChI is InChI=1S/C20H19N5O2/c1-14-7-8-19(27-14)17-11-18(24-23-17)20(26)21-10-9-15-12-22-25(13-15)16-5-3-2-4-6-16/h2-8,11-13H,9-10H2,1H3,(H,21,26)(H,23,24). The highest BCUT2D eigenvalue weighted by molar-refractivity contribution is 5.93. The Morgan fingerprint density at radius 3 is 2.85 bits per heavy atom. The fourth-order valence-electron chi connectivity index (χ4n) is 2.77. The Balaban J connectivity index is 1.32. The molecule has 1 aromatic carbocycles. The second-order valence-corrected chi connectivity index (χ2v) is 6.21. The highest BCUT2D eigenvalue weighted by atomic mass is 16.3. The van der Waals surface area contributed by atoms with Crippen LogP contribution in [0.25, 0.3) is 17.1 Å². The van der Waals surface area contributed by atoms with E-state index in [1.807, 2.05) is 66.5 Å². The number of amides is 1. The van der Waals surface area contributed by atoms with Crippen LogP contribution in [0, 0.1) is 6.92 Å². The molecule has 0 unspecified atom stereocenters. The van der Waals surface area contributed by atoms with E-state index in [-0.39, 0.29) is 5.91 Å². The number of aromatic nitrogens is 4. The van der Waals surface area contributed by atoms with Crippen LogP contribution in [0.15, 0.2) is 65.3 Å². The monoisotopic (exact) mass is 361 g/mol. The first-order chi connectivity index (χ1) is 13.2. The summed E-state index contributed by atoms with van der Waals surface area (Å²) in [7, 11) is 0. The molecule has 0 fully saturated rings. The third-order valence-corrected chi connectivity index (χ3v) is 4.17. The summed E-state index contributed by atoms with van der Waals surface area (Å²) < 4.78 is 7.35. The van der Waals surface area contributed by atoms with Gasteiger partial charge < -0.3 is 9.73 Å². The number of carbonyl (C=O) groups excluding carboxylic acids is 1. The van der Waals surface area contributed by atoms with Crippen molar-refractivity contribution in [1.29, 1.82) is 0 Å². The van der Waals surface area contributed by atoms with E-state index < -0.39 is 0 Å². The summed E-state index contributed by atoms with van der Waals surface area (Å²) in [6, 6.07) is 15.3. The van der Waals surface area contributed by atoms with Gasteiger partial charge in [0.25, 0.3) is 5.91 Å². The average molecular weight is 361 g/mol. The van der Waals surface area contributed by atoms with Crippen molar-refractivity contribution in [2.75, 3.05) is 6.54 Å². The van der Waals surface area contributed by atoms with Crippen LogP contribution in [0.5, 0.6) is 0 Å². The van der Waals surface area contributed by atoms with Gasteiger partial charge in [-0.2, -0.15) is 10.2 Å². The Bertz CT molecular complexity index is 1050. The van der Waals surface area contributed by atoms with Gasteiger partial charge in [0.1, 0.15) is 11.5 Å². The van der Waals surface area contributed by atoms with Crippen LogP contribution < -0.4 is 5.32 Å². The molecule has 7 nitrogen and oxygen atoms in total. The summed E-state index contributed by atoms with van der Waals surface area (Å²) in [5.41, 5.74) is 3.06. The molecule has 1 amide bonds. The van der Waals surface area contributed by atoms with E-state index in [2.05, 4.69) is 20.6 Å². The van der Waals surface area contributed by atoms with Gasteiger partial charge in [0, 0.05) is 18.8 Å². The first kappa shape index (κ1) is 16.8. The molecule has 0 aliphatic rings. The SMILES string of the molecule is Cc1ccc(-c2cc(C(=O)NCCc3cnn(-c4ccccc4)c3)n[nH]2)o1. The Kier molecular flexibility index (Phi) is 4.57. The summed E-state index contributed by atoms with van der Waals surface area (Å²) in [6.07, 6.45) is 4.46. The Morgan fingerprint density at radius 2 is 2.07 bits per heavy atom. The average Bonchev–Trinajstić information content (AvgIpc) is 3.43. The highest BCUT2D eigenvalue weighted by Crippen LogP contribution is 2.20. The minimum absolute atomic E-state index is 0.226. The van der Waals surface area contributed by atoms with E-state index in [0.29, 0.717) is 30.1 Å². The second kappa shape index (κ2) is 7.33. The van der Waals surface area contributed by atoms with Gasteiger partial charge in [-0.05, 0) is 43.2 Å². The maximum absolute atomic E-state index is 12.3. The summed E-state index contributed by atoms with van der Waals surface area (Å²) in [6.45, 7) is 2.37. The predicted molar refractivity (Wildman–Crippen MR) is 101 cm³/mol. The Morgan fingerprint density at radius 1 is 1.22 bits per heavy atom. The van der Waals surface area contributed by atoms with Gasteiger partial charge in [-0.1, -0.05) is 18.2 Å². The molecule has 3 heterocycles. The van der Waals surface area contributed by atoms with Crippen molar-refractivity contribution >= 4 is 5.91 Å². The topological polar surface area (TPSA) is 88.7 Å². The fraction of sp³-hybridized carbons (Fsp3) is 0.150. The van der Waals surface area contributed by atoms with Crippen LogP contribution in [0.2, 0.25) is 0 Å². The largest absolute Gasteiger partial charge is 0.460 e. The van der Waals surface area contributed by atoms with Crippen molar-refractivity contribution in [1.82, 2.24) is 25.3 Å². The zero-order chi connectivity index (χ0) is 18.6. The summed E-state index contributed by atoms with van der Waals surface area (Å²) in [5.74, 6) is 1.24. The van der Waals surface area contributed by atoms with E-state index >= 15 is 0 Å². The fourth-order valence-corrected chi connectivity index (χ4v) is 2.77. The molecule has 0 bridgehead atoms. The number of H-pyrrole nitrogens is 1. The smallest absolute Gasteiger partial charge is 0.271 e. The molecule has 7 heteroatoms. The van der Waals surface area contributed by atoms with Crippen molar-refractivity contribution in [3.63, 3.8) is 0 Å². The van der Waals surface area contributed by atoms with Gasteiger partial charge in [-0.15, -0.1) is 0 Å². The molecule has 0 atom stereocenters. The first-order valence-electron chi connectivity index (χ1n) is 8.68. The lowest BCUT2D eigenvalue weighted by Gasteiger charge is -2.01. The quantitative estimate of drug-likeness (QED) is 0.552. The molecule has 3 aromatic heterocycles. The number of hydrogen-bond donors (Lipinski definition) is 2. The van der Waals surface area contributed by atoms with Gasteiger partial charge in [0.15, 0.2) is 11.5 Å². The van der Waals surface area contributed by atoms with Crippen LogP contribution in [-0.4, -0.2) is 32.4 Å². The summed E-state index contributed by atoms with van der Waals surface area (Å²) in [4.78, 5) is 12.3.